The summed E-state index contributed by atoms with van der Waals surface area (Å²) in [6, 6.07) is 12.3. The zero-order chi connectivity index (χ0) is 18.3. The van der Waals surface area contributed by atoms with E-state index in [1.54, 1.807) is 18.2 Å². The molecule has 4 rings (SSSR count). The van der Waals surface area contributed by atoms with Gasteiger partial charge in [0.05, 0.1) is 18.9 Å². The number of rotatable bonds is 3. The van der Waals surface area contributed by atoms with Gasteiger partial charge in [0.25, 0.3) is 0 Å². The third-order valence-electron chi connectivity index (χ3n) is 5.28. The van der Waals surface area contributed by atoms with Crippen LogP contribution in [-0.4, -0.2) is 23.7 Å². The molecule has 5 heteroatoms. The third kappa shape index (κ3) is 2.68. The maximum absolute atomic E-state index is 13.8. The zero-order valence-electron chi connectivity index (χ0n) is 14.9. The van der Waals surface area contributed by atoms with Crippen LogP contribution < -0.4 is 4.74 Å². The lowest BCUT2D eigenvalue weighted by atomic mass is 9.77. The lowest BCUT2D eigenvalue weighted by molar-refractivity contribution is -0.133. The number of benzene rings is 2. The quantitative estimate of drug-likeness (QED) is 0.835. The number of carbonyl (C=O) groups excluding carboxylic acids is 1. The van der Waals surface area contributed by atoms with Crippen molar-refractivity contribution in [1.82, 2.24) is 5.01 Å². The van der Waals surface area contributed by atoms with Crippen LogP contribution in [0.5, 0.6) is 5.75 Å². The molecule has 2 aromatic carbocycles. The van der Waals surface area contributed by atoms with Crippen LogP contribution in [0, 0.1) is 11.7 Å². The molecule has 1 aliphatic carbocycles. The van der Waals surface area contributed by atoms with Gasteiger partial charge in [0, 0.05) is 17.9 Å². The molecular formula is C21H21FN2O2. The Balaban J connectivity index is 1.82. The largest absolute Gasteiger partial charge is 0.497 e. The van der Waals surface area contributed by atoms with E-state index in [4.69, 9.17) is 9.84 Å². The van der Waals surface area contributed by atoms with Crippen molar-refractivity contribution in [2.45, 2.75) is 32.2 Å². The number of ether oxygens (including phenoxy) is 1. The molecular weight excluding hydrogens is 331 g/mol. The van der Waals surface area contributed by atoms with Gasteiger partial charge in [-0.25, -0.2) is 9.40 Å². The van der Waals surface area contributed by atoms with E-state index in [1.165, 1.54) is 17.7 Å². The molecule has 26 heavy (non-hydrogen) atoms. The first-order valence-corrected chi connectivity index (χ1v) is 8.95. The van der Waals surface area contributed by atoms with Crippen LogP contribution in [0.15, 0.2) is 47.6 Å². The van der Waals surface area contributed by atoms with Gasteiger partial charge in [0.2, 0.25) is 5.91 Å². The number of hydrogen-bond donors (Lipinski definition) is 0. The first kappa shape index (κ1) is 16.8. The summed E-state index contributed by atoms with van der Waals surface area (Å²) >= 11 is 0. The van der Waals surface area contributed by atoms with Crippen molar-refractivity contribution in [3.63, 3.8) is 0 Å². The molecule has 1 amide bonds. The van der Waals surface area contributed by atoms with Gasteiger partial charge >= 0.3 is 0 Å². The molecule has 0 saturated heterocycles. The van der Waals surface area contributed by atoms with Crippen LogP contribution in [0.25, 0.3) is 0 Å². The highest BCUT2D eigenvalue weighted by atomic mass is 19.1. The summed E-state index contributed by atoms with van der Waals surface area (Å²) in [6.07, 6.45) is 2.15. The average molecular weight is 352 g/mol. The fourth-order valence-corrected chi connectivity index (χ4v) is 4.01. The second-order valence-electron chi connectivity index (χ2n) is 6.75. The fourth-order valence-electron chi connectivity index (χ4n) is 4.01. The Hall–Kier alpha value is -2.69. The second kappa shape index (κ2) is 6.56. The maximum atomic E-state index is 13.8. The Morgan fingerprint density at radius 1 is 1.31 bits per heavy atom. The van der Waals surface area contributed by atoms with Crippen molar-refractivity contribution < 1.29 is 13.9 Å². The standard InChI is InChI=1S/C21H21FN2O2/c1-3-19(25)24-21(14-5-4-6-15(22)11-14)17-10-8-13-7-9-16(26-2)12-18(13)20(17)23-24/h4-7,9,11-12,17,21H,3,8,10H2,1-2H3/t17-,21-/m0/s1. The van der Waals surface area contributed by atoms with Gasteiger partial charge in [-0.2, -0.15) is 5.10 Å². The number of amides is 1. The van der Waals surface area contributed by atoms with Crippen LogP contribution in [-0.2, 0) is 11.2 Å². The number of carbonyl (C=O) groups is 1. The van der Waals surface area contributed by atoms with E-state index in [0.29, 0.717) is 6.42 Å². The van der Waals surface area contributed by atoms with Gasteiger partial charge < -0.3 is 4.74 Å². The Morgan fingerprint density at radius 2 is 2.15 bits per heavy atom. The monoisotopic (exact) mass is 352 g/mol. The summed E-state index contributed by atoms with van der Waals surface area (Å²) < 4.78 is 19.2. The Kier molecular flexibility index (Phi) is 4.23. The summed E-state index contributed by atoms with van der Waals surface area (Å²) in [4.78, 5) is 12.6. The number of methoxy groups -OCH3 is 1. The fraction of sp³-hybridized carbons (Fsp3) is 0.333. The highest BCUT2D eigenvalue weighted by molar-refractivity contribution is 6.07. The Labute approximate surface area is 152 Å². The van der Waals surface area contributed by atoms with Crippen LogP contribution in [0.1, 0.15) is 42.5 Å². The second-order valence-corrected chi connectivity index (χ2v) is 6.75. The van der Waals surface area contributed by atoms with Crippen molar-refractivity contribution >= 4 is 11.6 Å². The lowest BCUT2D eigenvalue weighted by Gasteiger charge is -2.29. The molecule has 2 aliphatic rings. The van der Waals surface area contributed by atoms with E-state index in [-0.39, 0.29) is 23.7 Å². The van der Waals surface area contributed by atoms with Crippen molar-refractivity contribution in [1.29, 1.82) is 0 Å². The average Bonchev–Trinajstić information content (AvgIpc) is 3.07. The third-order valence-corrected chi connectivity index (χ3v) is 5.28. The number of hydrazone groups is 1. The summed E-state index contributed by atoms with van der Waals surface area (Å²) in [5.74, 6) is 0.491. The molecule has 134 valence electrons. The Morgan fingerprint density at radius 3 is 2.88 bits per heavy atom. The van der Waals surface area contributed by atoms with Crippen molar-refractivity contribution in [2.75, 3.05) is 7.11 Å². The number of nitrogens with zero attached hydrogens (tertiary/aromatic N) is 2. The van der Waals surface area contributed by atoms with Gasteiger partial charge in [-0.1, -0.05) is 25.1 Å². The normalized spacial score (nSPS) is 21.0. The minimum atomic E-state index is -0.294. The number of aryl methyl sites for hydroxylation is 1. The summed E-state index contributed by atoms with van der Waals surface area (Å²) in [5.41, 5.74) is 3.95. The highest BCUT2D eigenvalue weighted by Crippen LogP contribution is 2.44. The van der Waals surface area contributed by atoms with E-state index in [1.807, 2.05) is 25.1 Å². The topological polar surface area (TPSA) is 41.9 Å². The first-order valence-electron chi connectivity index (χ1n) is 8.95. The van der Waals surface area contributed by atoms with Crippen LogP contribution in [0.2, 0.25) is 0 Å². The number of hydrogen-bond acceptors (Lipinski definition) is 3. The smallest absolute Gasteiger partial charge is 0.242 e. The number of halogens is 1. The predicted molar refractivity (Wildman–Crippen MR) is 97.6 cm³/mol. The minimum Gasteiger partial charge on any atom is -0.497 e. The van der Waals surface area contributed by atoms with Crippen LogP contribution >= 0.6 is 0 Å². The molecule has 1 heterocycles. The minimum absolute atomic E-state index is 0.0504. The van der Waals surface area contributed by atoms with E-state index in [2.05, 4.69) is 6.07 Å². The molecule has 0 N–H and O–H groups in total. The summed E-state index contributed by atoms with van der Waals surface area (Å²) in [5, 5.41) is 6.27. The van der Waals surface area contributed by atoms with Crippen molar-refractivity contribution in [2.24, 2.45) is 11.0 Å². The van der Waals surface area contributed by atoms with Gasteiger partial charge in [-0.05, 0) is 48.2 Å². The van der Waals surface area contributed by atoms with Gasteiger partial charge in [0.15, 0.2) is 0 Å². The maximum Gasteiger partial charge on any atom is 0.242 e. The molecule has 0 fully saturated rings. The molecule has 2 atom stereocenters. The molecule has 0 spiro atoms. The van der Waals surface area contributed by atoms with E-state index >= 15 is 0 Å². The SMILES string of the molecule is CCC(=O)N1N=C2c3cc(OC)ccc3CC[C@@H]2[C@@H]1c1cccc(F)c1. The first-order chi connectivity index (χ1) is 12.6. The molecule has 4 nitrogen and oxygen atoms in total. The predicted octanol–water partition coefficient (Wildman–Crippen LogP) is 4.09. The van der Waals surface area contributed by atoms with Crippen LogP contribution in [0.3, 0.4) is 0 Å². The molecule has 2 aromatic rings. The molecule has 0 unspecified atom stereocenters. The van der Waals surface area contributed by atoms with Gasteiger partial charge in [0.1, 0.15) is 11.6 Å². The molecule has 0 saturated carbocycles. The summed E-state index contributed by atoms with van der Waals surface area (Å²) in [7, 11) is 1.64. The van der Waals surface area contributed by atoms with Gasteiger partial charge in [-0.3, -0.25) is 4.79 Å². The Bertz CT molecular complexity index is 893. The van der Waals surface area contributed by atoms with Crippen molar-refractivity contribution in [3.05, 3.63) is 65.0 Å². The molecule has 1 aliphatic heterocycles. The molecule has 0 aromatic heterocycles. The van der Waals surface area contributed by atoms with Crippen molar-refractivity contribution in [3.8, 4) is 5.75 Å². The molecule has 0 radical (unpaired) electrons. The van der Waals surface area contributed by atoms with Crippen LogP contribution in [0.4, 0.5) is 4.39 Å². The lowest BCUT2D eigenvalue weighted by Crippen LogP contribution is -2.32. The number of fused-ring (bicyclic) bond motifs is 3. The van der Waals surface area contributed by atoms with E-state index < -0.39 is 0 Å². The summed E-state index contributed by atoms with van der Waals surface area (Å²) in [6.45, 7) is 1.82. The van der Waals surface area contributed by atoms with E-state index in [0.717, 1.165) is 35.4 Å². The van der Waals surface area contributed by atoms with Gasteiger partial charge in [-0.15, -0.1) is 0 Å². The molecule has 0 bridgehead atoms. The zero-order valence-corrected chi connectivity index (χ0v) is 14.9. The van der Waals surface area contributed by atoms with E-state index in [9.17, 15) is 9.18 Å². The highest BCUT2D eigenvalue weighted by Gasteiger charge is 2.43.